The normalized spacial score (nSPS) is 63.1. The van der Waals surface area contributed by atoms with E-state index in [1.165, 1.54) is 9.84 Å². The summed E-state index contributed by atoms with van der Waals surface area (Å²) in [5, 5.41) is 0. The summed E-state index contributed by atoms with van der Waals surface area (Å²) in [6.45, 7) is 2.44. The number of alkyl halides is 1. The molecule has 0 aromatic carbocycles. The molecule has 2 saturated carbocycles. The van der Waals surface area contributed by atoms with Crippen LogP contribution >= 0.6 is 0 Å². The molecule has 2 fully saturated rings. The molecule has 0 radical (unpaired) electrons. The van der Waals surface area contributed by atoms with E-state index in [2.05, 4.69) is 17.1 Å². The number of hydrogen-bond acceptors (Lipinski definition) is 0. The summed E-state index contributed by atoms with van der Waals surface area (Å²) in [6, 6.07) is 0. The molecule has 3 rings (SSSR count). The van der Waals surface area contributed by atoms with Crippen LogP contribution in [0.3, 0.4) is 0 Å². The fourth-order valence-electron chi connectivity index (χ4n) is 2.85. The third-order valence-electron chi connectivity index (χ3n) is 3.52. The topological polar surface area (TPSA) is 0 Å². The fraction of sp³-hybridized carbons (Fsp3) is 0.778. The van der Waals surface area contributed by atoms with E-state index >= 15 is 0 Å². The quantitative estimate of drug-likeness (QED) is 0.375. The zero-order valence-electron chi connectivity index (χ0n) is 6.13. The van der Waals surface area contributed by atoms with Gasteiger partial charge >= 0.3 is 72.3 Å². The summed E-state index contributed by atoms with van der Waals surface area (Å²) >= 11 is 0.502. The first-order chi connectivity index (χ1) is 4.88. The molecule has 5 unspecified atom stereocenters. The van der Waals surface area contributed by atoms with Crippen LogP contribution in [-0.2, 0) is 0 Å². The minimum atomic E-state index is 0.502. The van der Waals surface area contributed by atoms with Crippen LogP contribution in [0.25, 0.3) is 0 Å². The van der Waals surface area contributed by atoms with Gasteiger partial charge < -0.3 is 0 Å². The molecule has 0 aromatic heterocycles. The Morgan fingerprint density at radius 1 is 1.50 bits per heavy atom. The van der Waals surface area contributed by atoms with Gasteiger partial charge in [0.25, 0.3) is 0 Å². The van der Waals surface area contributed by atoms with Gasteiger partial charge in [-0.05, 0) is 0 Å². The monoisotopic (exact) mass is 247 g/mol. The molecule has 0 bridgehead atoms. The van der Waals surface area contributed by atoms with Crippen molar-refractivity contribution in [1.29, 1.82) is 0 Å². The van der Waals surface area contributed by atoms with Crippen LogP contribution in [0.5, 0.6) is 0 Å². The van der Waals surface area contributed by atoms with Crippen LogP contribution in [0.4, 0.5) is 0 Å². The van der Waals surface area contributed by atoms with E-state index in [0.717, 1.165) is 17.8 Å². The molecule has 1 heteroatoms. The average molecular weight is 247 g/mol. The Bertz CT molecular complexity index is 197. The second-order valence-corrected chi connectivity index (χ2v) is 6.91. The van der Waals surface area contributed by atoms with Gasteiger partial charge in [0.2, 0.25) is 0 Å². The molecule has 0 amide bonds. The second kappa shape index (κ2) is 1.79. The number of allylic oxidation sites excluding steroid dienone is 1. The van der Waals surface area contributed by atoms with Crippen LogP contribution in [-0.4, -0.2) is 3.92 Å². The summed E-state index contributed by atoms with van der Waals surface area (Å²) < 4.78 is 3.69. The molecule has 1 aliphatic heterocycles. The summed E-state index contributed by atoms with van der Waals surface area (Å²) in [5.74, 6) is 4.46. The molecule has 0 N–H and O–H groups in total. The Hall–Kier alpha value is 0.470. The van der Waals surface area contributed by atoms with Crippen LogP contribution < -0.4 is 21.2 Å². The first-order valence-electron chi connectivity index (χ1n) is 4.16. The van der Waals surface area contributed by atoms with Crippen molar-refractivity contribution in [2.45, 2.75) is 17.3 Å². The summed E-state index contributed by atoms with van der Waals surface area (Å²) in [6.07, 6.45) is 4.13. The average Bonchev–Trinajstić information content (AvgIpc) is 2.27. The van der Waals surface area contributed by atoms with Gasteiger partial charge in [-0.15, -0.1) is 0 Å². The molecule has 1 heterocycles. The third kappa shape index (κ3) is 0.583. The van der Waals surface area contributed by atoms with E-state index < -0.39 is 0 Å². The second-order valence-electron chi connectivity index (χ2n) is 3.87. The van der Waals surface area contributed by atoms with Crippen LogP contribution in [0.2, 0.25) is 0 Å². The standard InChI is InChI=1S/C9H12I/c1-5-7-4-8-6(9(5)7)2-3-10-8/h2-3,5-9H,4H2,1H3/q-1. The van der Waals surface area contributed by atoms with Crippen LogP contribution in [0, 0.1) is 23.7 Å². The third-order valence-corrected chi connectivity index (χ3v) is 6.62. The van der Waals surface area contributed by atoms with E-state index in [1.807, 2.05) is 0 Å². The number of fused-ring (bicyclic) bond motifs is 3. The zero-order chi connectivity index (χ0) is 6.72. The Kier molecular flexibility index (Phi) is 1.08. The van der Waals surface area contributed by atoms with Crippen molar-refractivity contribution in [3.05, 3.63) is 10.2 Å². The Morgan fingerprint density at radius 2 is 2.40 bits per heavy atom. The molecule has 0 nitrogen and oxygen atoms in total. The van der Waals surface area contributed by atoms with Gasteiger partial charge in [0.1, 0.15) is 0 Å². The molecule has 10 heavy (non-hydrogen) atoms. The molecular weight excluding hydrogens is 235 g/mol. The van der Waals surface area contributed by atoms with Gasteiger partial charge in [-0.1, -0.05) is 0 Å². The van der Waals surface area contributed by atoms with Gasteiger partial charge in [-0.25, -0.2) is 0 Å². The molecule has 0 spiro atoms. The van der Waals surface area contributed by atoms with Crippen molar-refractivity contribution < 1.29 is 21.2 Å². The summed E-state index contributed by atoms with van der Waals surface area (Å²) in [7, 11) is 0. The van der Waals surface area contributed by atoms with Crippen molar-refractivity contribution in [2.75, 3.05) is 0 Å². The summed E-state index contributed by atoms with van der Waals surface area (Å²) in [4.78, 5) is 0. The molecule has 56 valence electrons. The Balaban J connectivity index is 1.90. The predicted molar refractivity (Wildman–Crippen MR) is 37.2 cm³/mol. The predicted octanol–water partition coefficient (Wildman–Crippen LogP) is -1.13. The molecular formula is C9H12I-. The molecule has 5 atom stereocenters. The zero-order valence-corrected chi connectivity index (χ0v) is 8.28. The van der Waals surface area contributed by atoms with Crippen LogP contribution in [0.15, 0.2) is 10.2 Å². The van der Waals surface area contributed by atoms with E-state index in [-0.39, 0.29) is 0 Å². The maximum atomic E-state index is 2.53. The van der Waals surface area contributed by atoms with Gasteiger partial charge in [0.05, 0.1) is 0 Å². The SMILES string of the molecule is CC1C2CC3[I-]C=CC3C12. The number of halogens is 1. The van der Waals surface area contributed by atoms with Crippen molar-refractivity contribution >= 4 is 0 Å². The van der Waals surface area contributed by atoms with E-state index in [1.54, 1.807) is 6.42 Å². The number of rotatable bonds is 0. The van der Waals surface area contributed by atoms with Crippen LogP contribution in [0.1, 0.15) is 13.3 Å². The van der Waals surface area contributed by atoms with E-state index in [0.29, 0.717) is 21.2 Å². The summed E-state index contributed by atoms with van der Waals surface area (Å²) in [5.41, 5.74) is 0. The van der Waals surface area contributed by atoms with Crippen molar-refractivity contribution in [2.24, 2.45) is 23.7 Å². The minimum absolute atomic E-state index is 0.502. The number of hydrogen-bond donors (Lipinski definition) is 0. The van der Waals surface area contributed by atoms with Gasteiger partial charge in [-0.3, -0.25) is 0 Å². The fourth-order valence-corrected chi connectivity index (χ4v) is 6.18. The molecule has 2 aliphatic carbocycles. The van der Waals surface area contributed by atoms with Gasteiger partial charge in [0.15, 0.2) is 0 Å². The van der Waals surface area contributed by atoms with Gasteiger partial charge in [0, 0.05) is 0 Å². The Morgan fingerprint density at radius 3 is 3.30 bits per heavy atom. The maximum absolute atomic E-state index is 2.53. The van der Waals surface area contributed by atoms with Crippen molar-refractivity contribution in [3.63, 3.8) is 0 Å². The Labute approximate surface area is 72.3 Å². The van der Waals surface area contributed by atoms with E-state index in [9.17, 15) is 0 Å². The van der Waals surface area contributed by atoms with Crippen molar-refractivity contribution in [1.82, 2.24) is 0 Å². The first kappa shape index (κ1) is 6.04. The first-order valence-corrected chi connectivity index (χ1v) is 6.65. The van der Waals surface area contributed by atoms with E-state index in [4.69, 9.17) is 0 Å². The van der Waals surface area contributed by atoms with Gasteiger partial charge in [-0.2, -0.15) is 0 Å². The molecule has 0 saturated heterocycles. The van der Waals surface area contributed by atoms with Crippen molar-refractivity contribution in [3.8, 4) is 0 Å². The molecule has 0 aromatic rings. The molecule has 3 aliphatic rings.